The quantitative estimate of drug-likeness (QED) is 0.250. The molecule has 2 heterocycles. The molecular formula is C30H24N6O3. The number of benzene rings is 3. The van der Waals surface area contributed by atoms with Gasteiger partial charge in [-0.2, -0.15) is 5.26 Å². The Morgan fingerprint density at radius 1 is 1.00 bits per heavy atom. The maximum Gasteiger partial charge on any atom is 0.274 e. The summed E-state index contributed by atoms with van der Waals surface area (Å²) < 4.78 is 1.46. The van der Waals surface area contributed by atoms with E-state index in [1.807, 2.05) is 12.1 Å². The highest BCUT2D eigenvalue weighted by atomic mass is 16.2. The van der Waals surface area contributed by atoms with E-state index in [9.17, 15) is 14.4 Å². The summed E-state index contributed by atoms with van der Waals surface area (Å²) in [5, 5.41) is 15.3. The molecule has 192 valence electrons. The number of anilines is 2. The number of rotatable bonds is 6. The minimum Gasteiger partial charge on any atom is -0.397 e. The third kappa shape index (κ3) is 5.12. The summed E-state index contributed by atoms with van der Waals surface area (Å²) >= 11 is 0. The summed E-state index contributed by atoms with van der Waals surface area (Å²) in [7, 11) is 1.65. The van der Waals surface area contributed by atoms with Crippen molar-refractivity contribution in [2.45, 2.75) is 6.54 Å². The van der Waals surface area contributed by atoms with Crippen LogP contribution in [-0.2, 0) is 13.6 Å². The van der Waals surface area contributed by atoms with Crippen molar-refractivity contribution in [3.8, 4) is 17.2 Å². The van der Waals surface area contributed by atoms with Gasteiger partial charge in [-0.25, -0.2) is 0 Å². The highest BCUT2D eigenvalue weighted by Crippen LogP contribution is 2.28. The second-order valence-electron chi connectivity index (χ2n) is 9.04. The molecule has 0 aliphatic heterocycles. The van der Waals surface area contributed by atoms with Crippen LogP contribution in [-0.4, -0.2) is 21.4 Å². The maximum atomic E-state index is 13.0. The fraction of sp³-hybridized carbons (Fsp3) is 0.0667. The number of nitriles is 1. The van der Waals surface area contributed by atoms with E-state index in [0.717, 1.165) is 16.7 Å². The monoisotopic (exact) mass is 516 g/mol. The minimum atomic E-state index is -0.375. The van der Waals surface area contributed by atoms with Crippen LogP contribution in [0.1, 0.15) is 32.0 Å². The Morgan fingerprint density at radius 3 is 2.41 bits per heavy atom. The van der Waals surface area contributed by atoms with Crippen molar-refractivity contribution in [3.05, 3.63) is 118 Å². The number of carbonyl (C=O) groups is 2. The summed E-state index contributed by atoms with van der Waals surface area (Å²) in [6, 6.07) is 24.7. The van der Waals surface area contributed by atoms with Gasteiger partial charge in [0.25, 0.3) is 17.4 Å². The Hall–Kier alpha value is -5.62. The number of fused-ring (bicyclic) bond motifs is 1. The number of carbonyl (C=O) groups excluding carboxylic acids is 2. The lowest BCUT2D eigenvalue weighted by atomic mass is 10.0. The summed E-state index contributed by atoms with van der Waals surface area (Å²) in [5.41, 5.74) is 10.6. The number of pyridine rings is 1. The number of nitrogens with one attached hydrogen (secondary N) is 3. The zero-order valence-electron chi connectivity index (χ0n) is 21.0. The maximum absolute atomic E-state index is 13.0. The molecule has 5 N–H and O–H groups in total. The van der Waals surface area contributed by atoms with Gasteiger partial charge in [0, 0.05) is 36.3 Å². The van der Waals surface area contributed by atoms with Crippen molar-refractivity contribution in [1.82, 2.24) is 14.9 Å². The van der Waals surface area contributed by atoms with E-state index in [-0.39, 0.29) is 29.6 Å². The van der Waals surface area contributed by atoms with Crippen molar-refractivity contribution in [2.75, 3.05) is 11.1 Å². The molecule has 0 bridgehead atoms. The standard InChI is InChI=1S/C30H24N6O3/c1-36-17-23(20-10-6-18(15-31)7-11-20)22-14-26(34-27(22)30(36)39)29(38)33-16-19-8-12-21(13-9-19)28(37)35-25-5-3-2-4-24(25)32/h2-14,17,34H,16,32H2,1H3,(H,33,38)(H,35,37). The normalized spacial score (nSPS) is 10.7. The highest BCUT2D eigenvalue weighted by molar-refractivity contribution is 6.06. The van der Waals surface area contributed by atoms with E-state index < -0.39 is 0 Å². The lowest BCUT2D eigenvalue weighted by molar-refractivity contribution is 0.0945. The van der Waals surface area contributed by atoms with Gasteiger partial charge in [-0.1, -0.05) is 36.4 Å². The molecule has 0 radical (unpaired) electrons. The van der Waals surface area contributed by atoms with Crippen molar-refractivity contribution in [3.63, 3.8) is 0 Å². The molecule has 0 saturated carbocycles. The van der Waals surface area contributed by atoms with E-state index in [1.165, 1.54) is 4.57 Å². The largest absolute Gasteiger partial charge is 0.397 e. The topological polar surface area (TPSA) is 146 Å². The second-order valence-corrected chi connectivity index (χ2v) is 9.04. The third-order valence-corrected chi connectivity index (χ3v) is 6.41. The van der Waals surface area contributed by atoms with Crippen LogP contribution in [0.3, 0.4) is 0 Å². The number of aromatic nitrogens is 2. The Labute approximate surface area is 223 Å². The van der Waals surface area contributed by atoms with E-state index in [4.69, 9.17) is 11.0 Å². The first kappa shape index (κ1) is 25.0. The molecule has 0 saturated heterocycles. The minimum absolute atomic E-state index is 0.224. The molecule has 0 aliphatic rings. The number of amides is 2. The van der Waals surface area contributed by atoms with Crippen LogP contribution in [0.4, 0.5) is 11.4 Å². The molecule has 0 atom stereocenters. The number of nitrogen functional groups attached to an aromatic ring is 1. The highest BCUT2D eigenvalue weighted by Gasteiger charge is 2.16. The van der Waals surface area contributed by atoms with Crippen LogP contribution < -0.4 is 21.9 Å². The molecule has 2 amide bonds. The average molecular weight is 517 g/mol. The van der Waals surface area contributed by atoms with Gasteiger partial charge in [0.2, 0.25) is 0 Å². The van der Waals surface area contributed by atoms with Gasteiger partial charge in [-0.05, 0) is 53.6 Å². The number of nitrogens with zero attached hydrogens (tertiary/aromatic N) is 2. The zero-order valence-corrected chi connectivity index (χ0v) is 21.0. The van der Waals surface area contributed by atoms with Crippen LogP contribution in [0, 0.1) is 11.3 Å². The lowest BCUT2D eigenvalue weighted by Gasteiger charge is -2.09. The SMILES string of the molecule is Cn1cc(-c2ccc(C#N)cc2)c2cc(C(=O)NCc3ccc(C(=O)Nc4ccccc4N)cc3)[nH]c2c1=O. The number of aromatic amines is 1. The van der Waals surface area contributed by atoms with Gasteiger partial charge < -0.3 is 25.9 Å². The summed E-state index contributed by atoms with van der Waals surface area (Å²) in [5.74, 6) is -0.665. The Balaban J connectivity index is 1.31. The number of para-hydroxylation sites is 2. The van der Waals surface area contributed by atoms with Gasteiger partial charge in [-0.3, -0.25) is 14.4 Å². The molecule has 9 nitrogen and oxygen atoms in total. The summed E-state index contributed by atoms with van der Waals surface area (Å²) in [6.07, 6.45) is 1.71. The molecule has 0 fully saturated rings. The van der Waals surface area contributed by atoms with Gasteiger partial charge >= 0.3 is 0 Å². The first-order valence-electron chi connectivity index (χ1n) is 12.1. The van der Waals surface area contributed by atoms with Gasteiger partial charge in [0.15, 0.2) is 0 Å². The predicted molar refractivity (Wildman–Crippen MR) is 150 cm³/mol. The number of H-pyrrole nitrogens is 1. The number of hydrogen-bond acceptors (Lipinski definition) is 5. The van der Waals surface area contributed by atoms with E-state index >= 15 is 0 Å². The molecule has 2 aromatic heterocycles. The molecule has 9 heteroatoms. The van der Waals surface area contributed by atoms with Crippen LogP contribution in [0.15, 0.2) is 89.9 Å². The fourth-order valence-corrected chi connectivity index (χ4v) is 4.27. The van der Waals surface area contributed by atoms with Gasteiger partial charge in [0.05, 0.1) is 23.0 Å². The molecule has 0 unspecified atom stereocenters. The van der Waals surface area contributed by atoms with Crippen molar-refractivity contribution >= 4 is 34.1 Å². The van der Waals surface area contributed by atoms with Gasteiger partial charge in [-0.15, -0.1) is 0 Å². The summed E-state index contributed by atoms with van der Waals surface area (Å²) in [6.45, 7) is 0.224. The molecule has 5 rings (SSSR count). The Kier molecular flexibility index (Phi) is 6.68. The molecule has 0 spiro atoms. The van der Waals surface area contributed by atoms with Crippen LogP contribution >= 0.6 is 0 Å². The second kappa shape index (κ2) is 10.4. The zero-order chi connectivity index (χ0) is 27.5. The van der Waals surface area contributed by atoms with Crippen molar-refractivity contribution in [2.24, 2.45) is 7.05 Å². The number of hydrogen-bond donors (Lipinski definition) is 4. The van der Waals surface area contributed by atoms with Gasteiger partial charge in [0.1, 0.15) is 11.2 Å². The molecule has 39 heavy (non-hydrogen) atoms. The third-order valence-electron chi connectivity index (χ3n) is 6.41. The average Bonchev–Trinajstić information content (AvgIpc) is 3.41. The first-order chi connectivity index (χ1) is 18.8. The van der Waals surface area contributed by atoms with E-state index in [1.54, 1.807) is 80.0 Å². The predicted octanol–water partition coefficient (Wildman–Crippen LogP) is 4.17. The molecular weight excluding hydrogens is 492 g/mol. The summed E-state index contributed by atoms with van der Waals surface area (Å²) in [4.78, 5) is 41.2. The fourth-order valence-electron chi connectivity index (χ4n) is 4.27. The molecule has 3 aromatic carbocycles. The van der Waals surface area contributed by atoms with Crippen LogP contribution in [0.5, 0.6) is 0 Å². The molecule has 5 aromatic rings. The lowest BCUT2D eigenvalue weighted by Crippen LogP contribution is -2.23. The van der Waals surface area contributed by atoms with Crippen molar-refractivity contribution in [1.29, 1.82) is 5.26 Å². The smallest absolute Gasteiger partial charge is 0.274 e. The van der Waals surface area contributed by atoms with Crippen LogP contribution in [0.25, 0.3) is 22.0 Å². The first-order valence-corrected chi connectivity index (χ1v) is 12.1. The Bertz CT molecular complexity index is 1810. The van der Waals surface area contributed by atoms with E-state index in [0.29, 0.717) is 33.4 Å². The Morgan fingerprint density at radius 2 is 1.72 bits per heavy atom. The van der Waals surface area contributed by atoms with Crippen LogP contribution in [0.2, 0.25) is 0 Å². The van der Waals surface area contributed by atoms with E-state index in [2.05, 4.69) is 21.7 Å². The number of nitrogens with two attached hydrogens (primary N) is 1. The number of aryl methyl sites for hydroxylation is 1. The van der Waals surface area contributed by atoms with Crippen molar-refractivity contribution < 1.29 is 9.59 Å². The molecule has 0 aliphatic carbocycles.